The molecule has 1 aliphatic carbocycles. The number of ether oxygens (including phenoxy) is 1. The van der Waals surface area contributed by atoms with Crippen molar-refractivity contribution in [1.82, 2.24) is 9.88 Å². The summed E-state index contributed by atoms with van der Waals surface area (Å²) in [7, 11) is 0. The summed E-state index contributed by atoms with van der Waals surface area (Å²) in [6.45, 7) is 5.22. The molecule has 1 aromatic heterocycles. The number of amides is 2. The fourth-order valence-electron chi connectivity index (χ4n) is 4.15. The molecular weight excluding hydrogens is 558 g/mol. The van der Waals surface area contributed by atoms with Crippen molar-refractivity contribution >= 4 is 40.2 Å². The van der Waals surface area contributed by atoms with Crippen LogP contribution in [0.5, 0.6) is 0 Å². The van der Waals surface area contributed by atoms with Crippen molar-refractivity contribution in [3.05, 3.63) is 41.3 Å². The molecule has 1 fully saturated rings. The number of benzene rings is 1. The number of thioether (sulfide) groups is 1. The molecule has 3 rings (SSSR count). The highest BCUT2D eigenvalue weighted by molar-refractivity contribution is 8.01. The second-order valence-corrected chi connectivity index (χ2v) is 12.7. The molecule has 1 heterocycles. The number of nitrogens with one attached hydrogen (secondary N) is 1. The van der Waals surface area contributed by atoms with Crippen LogP contribution in [0.15, 0.2) is 28.6 Å². The molecule has 1 saturated carbocycles. The van der Waals surface area contributed by atoms with E-state index in [1.54, 1.807) is 24.9 Å². The van der Waals surface area contributed by atoms with Crippen molar-refractivity contribution < 1.29 is 37.0 Å². The van der Waals surface area contributed by atoms with Crippen LogP contribution in [0.1, 0.15) is 57.6 Å². The number of aromatic nitrogens is 1. The van der Waals surface area contributed by atoms with Crippen molar-refractivity contribution in [3.63, 3.8) is 0 Å². The second-order valence-electron chi connectivity index (χ2n) is 10.4. The van der Waals surface area contributed by atoms with Gasteiger partial charge in [-0.1, -0.05) is 24.3 Å². The van der Waals surface area contributed by atoms with E-state index < -0.39 is 28.9 Å². The van der Waals surface area contributed by atoms with E-state index in [2.05, 4.69) is 17.2 Å². The lowest BCUT2D eigenvalue weighted by Gasteiger charge is -2.36. The number of carbonyl (C=O) groups excluding carboxylic acids is 1. The fraction of sp³-hybridized carbons (Fsp3) is 0.577. The van der Waals surface area contributed by atoms with Crippen molar-refractivity contribution in [2.75, 3.05) is 24.2 Å². The van der Waals surface area contributed by atoms with Gasteiger partial charge in [-0.25, -0.2) is 14.2 Å². The monoisotopic (exact) mass is 591 g/mol. The standard InChI is InChI=1S/C26H33F4N3O4S2/c1-16-4-8-19(9-5-16)33(10-11-37-14-17-6-7-18(27)12-20(17)26(28,29)30)24(36)32-23-31-13-21(39-23)38-15-25(2,3)22(34)35/h6-7,12-13,16,19H,4-5,8-11,14-15H2,1-3H3,(H,34,35)(H,31,32,36)/t16-,19-. The summed E-state index contributed by atoms with van der Waals surface area (Å²) in [5, 5.41) is 12.5. The Kier molecular flexibility index (Phi) is 10.6. The number of hydrogen-bond acceptors (Lipinski definition) is 6. The Labute approximate surface area is 233 Å². The molecule has 2 N–H and O–H groups in total. The molecule has 0 saturated heterocycles. The zero-order valence-electron chi connectivity index (χ0n) is 22.0. The Morgan fingerprint density at radius 2 is 1.92 bits per heavy atom. The predicted molar refractivity (Wildman–Crippen MR) is 142 cm³/mol. The number of hydrogen-bond donors (Lipinski definition) is 2. The van der Waals surface area contributed by atoms with Gasteiger partial charge in [-0.15, -0.1) is 11.8 Å². The molecule has 0 spiro atoms. The summed E-state index contributed by atoms with van der Waals surface area (Å²) in [6, 6.07) is 2.03. The van der Waals surface area contributed by atoms with Gasteiger partial charge in [-0.05, 0) is 63.1 Å². The summed E-state index contributed by atoms with van der Waals surface area (Å²) in [5.41, 5.74) is -2.17. The molecule has 13 heteroatoms. The summed E-state index contributed by atoms with van der Waals surface area (Å²) >= 11 is 2.59. The number of anilines is 1. The van der Waals surface area contributed by atoms with Crippen LogP contribution >= 0.6 is 23.1 Å². The van der Waals surface area contributed by atoms with Gasteiger partial charge in [-0.2, -0.15) is 13.2 Å². The SMILES string of the molecule is CC(C)(CSc1cnc(NC(=O)N(CCOCc2ccc(F)cc2C(F)(F)F)[C@H]2CC[C@H](C)CC2)s1)C(=O)O. The second kappa shape index (κ2) is 13.3. The third-order valence-corrected chi connectivity index (χ3v) is 9.22. The van der Waals surface area contributed by atoms with E-state index in [1.165, 1.54) is 23.1 Å². The minimum atomic E-state index is -4.71. The van der Waals surface area contributed by atoms with Crippen LogP contribution in [0.2, 0.25) is 0 Å². The molecule has 39 heavy (non-hydrogen) atoms. The van der Waals surface area contributed by atoms with Crippen LogP contribution in [-0.2, 0) is 22.3 Å². The minimum absolute atomic E-state index is 0.00259. The summed E-state index contributed by atoms with van der Waals surface area (Å²) in [4.78, 5) is 30.5. The largest absolute Gasteiger partial charge is 0.481 e. The lowest BCUT2D eigenvalue weighted by atomic mass is 9.86. The molecule has 0 radical (unpaired) electrons. The van der Waals surface area contributed by atoms with Gasteiger partial charge in [-0.3, -0.25) is 10.1 Å². The Balaban J connectivity index is 1.62. The summed E-state index contributed by atoms with van der Waals surface area (Å²) in [5.74, 6) is -0.988. The molecule has 1 aliphatic rings. The number of urea groups is 1. The van der Waals surface area contributed by atoms with Crippen LogP contribution in [0.25, 0.3) is 0 Å². The number of nitrogens with zero attached hydrogens (tertiary/aromatic N) is 2. The molecular formula is C26H33F4N3O4S2. The first kappa shape index (κ1) is 31.2. The molecule has 0 bridgehead atoms. The van der Waals surface area contributed by atoms with Crippen LogP contribution in [-0.4, -0.2) is 51.9 Å². The number of alkyl halides is 3. The first-order valence-corrected chi connectivity index (χ1v) is 14.4. The lowest BCUT2D eigenvalue weighted by molar-refractivity contribution is -0.145. The van der Waals surface area contributed by atoms with Gasteiger partial charge in [0.2, 0.25) is 0 Å². The van der Waals surface area contributed by atoms with E-state index in [0.29, 0.717) is 22.9 Å². The third-order valence-electron chi connectivity index (χ3n) is 6.65. The molecule has 1 aromatic carbocycles. The van der Waals surface area contributed by atoms with E-state index >= 15 is 0 Å². The Morgan fingerprint density at radius 1 is 1.23 bits per heavy atom. The normalized spacial score (nSPS) is 18.1. The molecule has 0 aliphatic heterocycles. The van der Waals surface area contributed by atoms with Crippen LogP contribution in [0, 0.1) is 17.2 Å². The van der Waals surface area contributed by atoms with Gasteiger partial charge in [0.15, 0.2) is 5.13 Å². The van der Waals surface area contributed by atoms with Crippen molar-refractivity contribution in [2.45, 2.75) is 69.5 Å². The Bertz CT molecular complexity index is 1130. The maximum Gasteiger partial charge on any atom is 0.416 e. The van der Waals surface area contributed by atoms with E-state index in [4.69, 9.17) is 4.74 Å². The highest BCUT2D eigenvalue weighted by Gasteiger charge is 2.34. The first-order valence-electron chi connectivity index (χ1n) is 12.6. The first-order chi connectivity index (χ1) is 18.3. The Morgan fingerprint density at radius 3 is 2.56 bits per heavy atom. The summed E-state index contributed by atoms with van der Waals surface area (Å²) < 4.78 is 59.5. The quantitative estimate of drug-likeness (QED) is 0.164. The smallest absolute Gasteiger partial charge is 0.416 e. The molecule has 0 unspecified atom stereocenters. The molecule has 7 nitrogen and oxygen atoms in total. The van der Waals surface area contributed by atoms with Crippen LogP contribution < -0.4 is 5.32 Å². The summed E-state index contributed by atoms with van der Waals surface area (Å²) in [6.07, 6.45) is 0.385. The number of carbonyl (C=O) groups is 2. The Hall–Kier alpha value is -2.38. The van der Waals surface area contributed by atoms with E-state index in [0.717, 1.165) is 42.0 Å². The minimum Gasteiger partial charge on any atom is -0.481 e. The van der Waals surface area contributed by atoms with Crippen molar-refractivity contribution in [1.29, 1.82) is 0 Å². The van der Waals surface area contributed by atoms with Gasteiger partial charge in [0.05, 0.1) is 34.6 Å². The van der Waals surface area contributed by atoms with Gasteiger partial charge in [0, 0.05) is 18.3 Å². The topological polar surface area (TPSA) is 91.8 Å². The zero-order valence-corrected chi connectivity index (χ0v) is 23.6. The number of aliphatic carboxylic acids is 1. The molecule has 0 atom stereocenters. The average Bonchev–Trinajstić information content (AvgIpc) is 3.31. The van der Waals surface area contributed by atoms with Crippen molar-refractivity contribution in [2.24, 2.45) is 11.3 Å². The van der Waals surface area contributed by atoms with E-state index in [-0.39, 0.29) is 37.4 Å². The highest BCUT2D eigenvalue weighted by Crippen LogP contribution is 2.35. The lowest BCUT2D eigenvalue weighted by Crippen LogP contribution is -2.46. The maximum atomic E-state index is 13.4. The maximum absolute atomic E-state index is 13.4. The van der Waals surface area contributed by atoms with Gasteiger partial charge in [0.1, 0.15) is 5.82 Å². The molecule has 216 valence electrons. The number of carboxylic acid groups (broad SMARTS) is 1. The van der Waals surface area contributed by atoms with Crippen molar-refractivity contribution in [3.8, 4) is 0 Å². The van der Waals surface area contributed by atoms with Crippen LogP contribution in [0.3, 0.4) is 0 Å². The molecule has 2 aromatic rings. The molecule has 2 amide bonds. The average molecular weight is 592 g/mol. The third kappa shape index (κ3) is 9.07. The number of rotatable bonds is 11. The fourth-order valence-corrected chi connectivity index (χ4v) is 6.09. The van der Waals surface area contributed by atoms with Gasteiger partial charge < -0.3 is 14.7 Å². The predicted octanol–water partition coefficient (Wildman–Crippen LogP) is 7.13. The van der Waals surface area contributed by atoms with E-state index in [1.807, 2.05) is 0 Å². The van der Waals surface area contributed by atoms with Gasteiger partial charge in [0.25, 0.3) is 0 Å². The number of thiazole rings is 1. The number of halogens is 4. The highest BCUT2D eigenvalue weighted by atomic mass is 32.2. The number of carboxylic acids is 1. The van der Waals surface area contributed by atoms with Gasteiger partial charge >= 0.3 is 18.2 Å². The zero-order chi connectivity index (χ0) is 28.8. The van der Waals surface area contributed by atoms with E-state index in [9.17, 15) is 32.3 Å². The van der Waals surface area contributed by atoms with Crippen LogP contribution in [0.4, 0.5) is 27.5 Å².